The lowest BCUT2D eigenvalue weighted by atomic mass is 10.4. The van der Waals surface area contributed by atoms with E-state index in [4.69, 9.17) is 4.74 Å². The van der Waals surface area contributed by atoms with E-state index in [-0.39, 0.29) is 11.0 Å². The van der Waals surface area contributed by atoms with Gasteiger partial charge in [-0.25, -0.2) is 13.1 Å². The van der Waals surface area contributed by atoms with E-state index in [0.717, 1.165) is 0 Å². The quantitative estimate of drug-likeness (QED) is 0.772. The van der Waals surface area contributed by atoms with Crippen LogP contribution in [0.15, 0.2) is 27.8 Å². The maximum atomic E-state index is 11.9. The number of hydrogen-bond acceptors (Lipinski definition) is 4. The van der Waals surface area contributed by atoms with E-state index in [2.05, 4.69) is 25.6 Å². The van der Waals surface area contributed by atoms with Gasteiger partial charge >= 0.3 is 0 Å². The first kappa shape index (κ1) is 15.6. The van der Waals surface area contributed by atoms with Gasteiger partial charge in [-0.05, 0) is 42.3 Å². The van der Waals surface area contributed by atoms with Crippen LogP contribution in [-0.4, -0.2) is 32.7 Å². The highest BCUT2D eigenvalue weighted by atomic mass is 79.9. The van der Waals surface area contributed by atoms with Crippen molar-refractivity contribution >= 4 is 26.0 Å². The van der Waals surface area contributed by atoms with Crippen molar-refractivity contribution in [1.29, 1.82) is 0 Å². The minimum absolute atomic E-state index is 0.154. The van der Waals surface area contributed by atoms with Gasteiger partial charge in [0.25, 0.3) is 0 Å². The molecule has 0 atom stereocenters. The van der Waals surface area contributed by atoms with Gasteiger partial charge in [-0.1, -0.05) is 0 Å². The van der Waals surface area contributed by atoms with Crippen LogP contribution in [0.5, 0.6) is 0 Å². The number of hydrogen-bond donors (Lipinski definition) is 1. The fourth-order valence-corrected chi connectivity index (χ4v) is 2.80. The average Bonchev–Trinajstić information content (AvgIpc) is 2.28. The predicted molar refractivity (Wildman–Crippen MR) is 72.8 cm³/mol. The summed E-state index contributed by atoms with van der Waals surface area (Å²) in [7, 11) is -3.48. The molecule has 1 aromatic rings. The summed E-state index contributed by atoms with van der Waals surface area (Å²) in [5, 5.41) is 0. The Morgan fingerprint density at radius 3 is 2.78 bits per heavy atom. The van der Waals surface area contributed by atoms with Gasteiger partial charge in [-0.2, -0.15) is 0 Å². The summed E-state index contributed by atoms with van der Waals surface area (Å²) in [6.07, 6.45) is 3.65. The molecule has 0 bridgehead atoms. The summed E-state index contributed by atoms with van der Waals surface area (Å²) in [6, 6.07) is 1.51. The number of nitrogens with one attached hydrogen (secondary N) is 1. The Morgan fingerprint density at radius 2 is 2.17 bits per heavy atom. The molecular formula is C11H17BrN2O3S. The molecule has 5 nitrogen and oxygen atoms in total. The highest BCUT2D eigenvalue weighted by Gasteiger charge is 2.13. The van der Waals surface area contributed by atoms with Crippen molar-refractivity contribution in [3.05, 3.63) is 22.9 Å². The van der Waals surface area contributed by atoms with Gasteiger partial charge in [0, 0.05) is 30.0 Å². The number of ether oxygens (including phenoxy) is 1. The molecule has 0 amide bonds. The first-order chi connectivity index (χ1) is 8.42. The summed E-state index contributed by atoms with van der Waals surface area (Å²) < 4.78 is 32.2. The molecule has 7 heteroatoms. The Morgan fingerprint density at radius 1 is 1.44 bits per heavy atom. The van der Waals surface area contributed by atoms with Crippen LogP contribution in [0.25, 0.3) is 0 Å². The monoisotopic (exact) mass is 336 g/mol. The van der Waals surface area contributed by atoms with Gasteiger partial charge in [-0.15, -0.1) is 0 Å². The first-order valence-electron chi connectivity index (χ1n) is 5.63. The zero-order valence-electron chi connectivity index (χ0n) is 10.4. The Kier molecular flexibility index (Phi) is 6.20. The van der Waals surface area contributed by atoms with E-state index >= 15 is 0 Å². The summed E-state index contributed by atoms with van der Waals surface area (Å²) in [5.41, 5.74) is 0. The third-order valence-corrected chi connectivity index (χ3v) is 3.92. The second-order valence-electron chi connectivity index (χ2n) is 4.01. The van der Waals surface area contributed by atoms with Crippen LogP contribution >= 0.6 is 15.9 Å². The van der Waals surface area contributed by atoms with E-state index in [1.165, 1.54) is 18.5 Å². The third kappa shape index (κ3) is 5.43. The fourth-order valence-electron chi connectivity index (χ4n) is 1.22. The van der Waals surface area contributed by atoms with Gasteiger partial charge in [0.05, 0.1) is 6.10 Å². The van der Waals surface area contributed by atoms with Gasteiger partial charge in [0.2, 0.25) is 10.0 Å². The molecule has 18 heavy (non-hydrogen) atoms. The molecule has 102 valence electrons. The van der Waals surface area contributed by atoms with Gasteiger partial charge < -0.3 is 4.74 Å². The van der Waals surface area contributed by atoms with Crippen molar-refractivity contribution in [3.8, 4) is 0 Å². The van der Waals surface area contributed by atoms with E-state index in [1.54, 1.807) is 0 Å². The smallest absolute Gasteiger partial charge is 0.242 e. The zero-order valence-corrected chi connectivity index (χ0v) is 12.8. The number of rotatable bonds is 7. The summed E-state index contributed by atoms with van der Waals surface area (Å²) in [6.45, 7) is 4.77. The molecule has 0 aromatic carbocycles. The Labute approximate surface area is 116 Å². The SMILES string of the molecule is CC(C)OCCCNS(=O)(=O)c1cncc(Br)c1. The summed E-state index contributed by atoms with van der Waals surface area (Å²) >= 11 is 3.19. The zero-order chi connectivity index (χ0) is 13.6. The number of halogens is 1. The molecule has 0 aliphatic carbocycles. The molecule has 1 heterocycles. The van der Waals surface area contributed by atoms with Gasteiger partial charge in [0.1, 0.15) is 4.90 Å². The van der Waals surface area contributed by atoms with Crippen LogP contribution in [0.3, 0.4) is 0 Å². The molecule has 1 aromatic heterocycles. The second-order valence-corrected chi connectivity index (χ2v) is 6.69. The lowest BCUT2D eigenvalue weighted by molar-refractivity contribution is 0.0778. The molecule has 0 saturated heterocycles. The lowest BCUT2D eigenvalue weighted by Crippen LogP contribution is -2.26. The van der Waals surface area contributed by atoms with Gasteiger partial charge in [-0.3, -0.25) is 4.98 Å². The van der Waals surface area contributed by atoms with Crippen LogP contribution < -0.4 is 4.72 Å². The Bertz CT molecular complexity index is 477. The number of pyridine rings is 1. The molecule has 0 spiro atoms. The fraction of sp³-hybridized carbons (Fsp3) is 0.545. The van der Waals surface area contributed by atoms with Crippen LogP contribution in [0.2, 0.25) is 0 Å². The number of aromatic nitrogens is 1. The molecule has 0 aliphatic heterocycles. The van der Waals surface area contributed by atoms with E-state index in [9.17, 15) is 8.42 Å². The van der Waals surface area contributed by atoms with Crippen molar-refractivity contribution in [2.24, 2.45) is 0 Å². The van der Waals surface area contributed by atoms with E-state index in [0.29, 0.717) is 24.0 Å². The normalized spacial score (nSPS) is 12.0. The first-order valence-corrected chi connectivity index (χ1v) is 7.91. The second kappa shape index (κ2) is 7.18. The summed E-state index contributed by atoms with van der Waals surface area (Å²) in [4.78, 5) is 3.98. The van der Waals surface area contributed by atoms with Crippen molar-refractivity contribution in [2.75, 3.05) is 13.2 Å². The largest absolute Gasteiger partial charge is 0.379 e. The van der Waals surface area contributed by atoms with Crippen molar-refractivity contribution in [3.63, 3.8) is 0 Å². The number of sulfonamides is 1. The van der Waals surface area contributed by atoms with Crippen LogP contribution in [0, 0.1) is 0 Å². The van der Waals surface area contributed by atoms with Crippen LogP contribution in [0.1, 0.15) is 20.3 Å². The number of nitrogens with zero attached hydrogens (tertiary/aromatic N) is 1. The van der Waals surface area contributed by atoms with Crippen molar-refractivity contribution in [2.45, 2.75) is 31.3 Å². The average molecular weight is 337 g/mol. The minimum atomic E-state index is -3.48. The molecule has 1 N–H and O–H groups in total. The molecular weight excluding hydrogens is 320 g/mol. The Balaban J connectivity index is 2.46. The van der Waals surface area contributed by atoms with E-state index < -0.39 is 10.0 Å². The van der Waals surface area contributed by atoms with Crippen molar-refractivity contribution < 1.29 is 13.2 Å². The molecule has 0 fully saturated rings. The maximum absolute atomic E-state index is 11.9. The predicted octanol–water partition coefficient (Wildman–Crippen LogP) is 1.94. The third-order valence-electron chi connectivity index (χ3n) is 2.05. The Hall–Kier alpha value is -0.500. The molecule has 0 unspecified atom stereocenters. The molecule has 0 saturated carbocycles. The highest BCUT2D eigenvalue weighted by Crippen LogP contribution is 2.13. The molecule has 1 rings (SSSR count). The minimum Gasteiger partial charge on any atom is -0.379 e. The maximum Gasteiger partial charge on any atom is 0.242 e. The van der Waals surface area contributed by atoms with Crippen LogP contribution in [0.4, 0.5) is 0 Å². The summed E-state index contributed by atoms with van der Waals surface area (Å²) in [5.74, 6) is 0. The standard InChI is InChI=1S/C11H17BrN2O3S/c1-9(2)17-5-3-4-14-18(15,16)11-6-10(12)7-13-8-11/h6-9,14H,3-5H2,1-2H3. The van der Waals surface area contributed by atoms with Gasteiger partial charge in [0.15, 0.2) is 0 Å². The highest BCUT2D eigenvalue weighted by molar-refractivity contribution is 9.10. The molecule has 0 aliphatic rings. The van der Waals surface area contributed by atoms with E-state index in [1.807, 2.05) is 13.8 Å². The lowest BCUT2D eigenvalue weighted by Gasteiger charge is -2.08. The van der Waals surface area contributed by atoms with Crippen molar-refractivity contribution in [1.82, 2.24) is 9.71 Å². The molecule has 0 radical (unpaired) electrons. The topological polar surface area (TPSA) is 68.3 Å². The van der Waals surface area contributed by atoms with Crippen LogP contribution in [-0.2, 0) is 14.8 Å².